The van der Waals surface area contributed by atoms with Crippen LogP contribution in [0.5, 0.6) is 0 Å². The quantitative estimate of drug-likeness (QED) is 0.209. The minimum Gasteiger partial charge on any atom is -0.114 e. The Labute approximate surface area is 227 Å². The third kappa shape index (κ3) is 4.00. The van der Waals surface area contributed by atoms with E-state index < -0.39 is 0 Å². The van der Waals surface area contributed by atoms with E-state index >= 15 is 0 Å². The van der Waals surface area contributed by atoms with Gasteiger partial charge in [0.15, 0.2) is 0 Å². The van der Waals surface area contributed by atoms with E-state index in [0.717, 1.165) is 6.42 Å². The Bertz CT molecular complexity index is 1730. The van der Waals surface area contributed by atoms with Crippen molar-refractivity contribution in [3.05, 3.63) is 162 Å². The van der Waals surface area contributed by atoms with Gasteiger partial charge in [-0.1, -0.05) is 122 Å². The minimum absolute atomic E-state index is 0.0313. The van der Waals surface area contributed by atoms with Crippen molar-refractivity contribution in [1.82, 2.24) is 0 Å². The van der Waals surface area contributed by atoms with Crippen LogP contribution < -0.4 is 0 Å². The SMILES string of the molecule is CCc1ccc(-c2ccc(C3=S4C(=CC(c5ccccc5)=C3)c3cc(-c5ccccc5)ccc34)cc2)cc1. The van der Waals surface area contributed by atoms with E-state index in [1.54, 1.807) is 0 Å². The van der Waals surface area contributed by atoms with Crippen LogP contribution in [0.25, 0.3) is 32.7 Å². The summed E-state index contributed by atoms with van der Waals surface area (Å²) in [6.07, 6.45) is 5.91. The summed E-state index contributed by atoms with van der Waals surface area (Å²) in [7, 11) is -0.0313. The first-order valence-corrected chi connectivity index (χ1v) is 14.5. The Morgan fingerprint density at radius 3 is 1.71 bits per heavy atom. The van der Waals surface area contributed by atoms with E-state index in [0.29, 0.717) is 0 Å². The molecule has 182 valence electrons. The number of aryl methyl sites for hydroxylation is 1. The van der Waals surface area contributed by atoms with E-state index in [2.05, 4.69) is 146 Å². The van der Waals surface area contributed by atoms with Crippen molar-refractivity contribution in [2.24, 2.45) is 0 Å². The number of allylic oxidation sites excluding steroid dienone is 3. The van der Waals surface area contributed by atoms with E-state index in [1.165, 1.54) is 64.7 Å². The van der Waals surface area contributed by atoms with Gasteiger partial charge in [-0.15, -0.1) is 10.5 Å². The predicted molar refractivity (Wildman–Crippen MR) is 165 cm³/mol. The molecule has 38 heavy (non-hydrogen) atoms. The van der Waals surface area contributed by atoms with Crippen LogP contribution in [-0.2, 0) is 6.42 Å². The molecule has 0 spiro atoms. The topological polar surface area (TPSA) is 0 Å². The van der Waals surface area contributed by atoms with Crippen LogP contribution in [-0.4, -0.2) is 4.86 Å². The fraction of sp³-hybridized carbons (Fsp3) is 0.0541. The summed E-state index contributed by atoms with van der Waals surface area (Å²) >= 11 is 0. The number of fused-ring (bicyclic) bond motifs is 4. The lowest BCUT2D eigenvalue weighted by Crippen LogP contribution is -2.12. The van der Waals surface area contributed by atoms with Crippen LogP contribution in [0.4, 0.5) is 0 Å². The fourth-order valence-corrected chi connectivity index (χ4v) is 7.81. The normalized spacial score (nSPS) is 15.6. The third-order valence-electron chi connectivity index (χ3n) is 7.56. The molecule has 0 aliphatic carbocycles. The maximum atomic E-state index is 2.42. The van der Waals surface area contributed by atoms with Gasteiger partial charge < -0.3 is 0 Å². The van der Waals surface area contributed by atoms with Crippen molar-refractivity contribution in [2.75, 3.05) is 0 Å². The Morgan fingerprint density at radius 2 is 1.05 bits per heavy atom. The average molecular weight is 505 g/mol. The van der Waals surface area contributed by atoms with Gasteiger partial charge in [0.25, 0.3) is 0 Å². The molecule has 0 saturated heterocycles. The molecule has 0 bridgehead atoms. The average Bonchev–Trinajstić information content (AvgIpc) is 3.00. The molecule has 5 aromatic carbocycles. The molecule has 2 heterocycles. The van der Waals surface area contributed by atoms with Gasteiger partial charge in [0.1, 0.15) is 0 Å². The second-order valence-corrected chi connectivity index (χ2v) is 11.8. The van der Waals surface area contributed by atoms with Gasteiger partial charge in [0, 0.05) is 20.2 Å². The first-order valence-electron chi connectivity index (χ1n) is 13.3. The highest BCUT2D eigenvalue weighted by molar-refractivity contribution is 8.26. The molecule has 5 aromatic rings. The van der Waals surface area contributed by atoms with Crippen molar-refractivity contribution in [2.45, 2.75) is 18.2 Å². The lowest BCUT2D eigenvalue weighted by molar-refractivity contribution is 1.14. The zero-order valence-electron chi connectivity index (χ0n) is 21.4. The minimum atomic E-state index is -0.0313. The van der Waals surface area contributed by atoms with Crippen molar-refractivity contribution in [1.29, 1.82) is 0 Å². The second kappa shape index (κ2) is 9.59. The van der Waals surface area contributed by atoms with Crippen molar-refractivity contribution in [3.8, 4) is 22.3 Å². The molecule has 2 aliphatic heterocycles. The number of benzene rings is 5. The molecule has 0 N–H and O–H groups in total. The molecule has 2 aliphatic rings. The van der Waals surface area contributed by atoms with Gasteiger partial charge >= 0.3 is 0 Å². The summed E-state index contributed by atoms with van der Waals surface area (Å²) in [6.45, 7) is 2.20. The molecule has 1 heteroatoms. The summed E-state index contributed by atoms with van der Waals surface area (Å²) in [4.78, 5) is 4.32. The molecule has 0 radical (unpaired) electrons. The Kier molecular flexibility index (Phi) is 5.80. The van der Waals surface area contributed by atoms with Crippen LogP contribution in [0.1, 0.15) is 29.2 Å². The molecular weight excluding hydrogens is 476 g/mol. The summed E-state index contributed by atoms with van der Waals surface area (Å²) in [5.74, 6) is 0. The summed E-state index contributed by atoms with van der Waals surface area (Å²) in [5, 5.41) is 0. The molecule has 7 rings (SSSR count). The van der Waals surface area contributed by atoms with Crippen molar-refractivity contribution >= 4 is 25.8 Å². The maximum absolute atomic E-state index is 2.42. The van der Waals surface area contributed by atoms with Crippen LogP contribution in [0.2, 0.25) is 0 Å². The molecule has 0 amide bonds. The number of rotatable bonds is 5. The lowest BCUT2D eigenvalue weighted by Gasteiger charge is -2.34. The second-order valence-electron chi connectivity index (χ2n) is 9.85. The van der Waals surface area contributed by atoms with E-state index in [9.17, 15) is 0 Å². The van der Waals surface area contributed by atoms with Crippen LogP contribution >= 0.6 is 10.5 Å². The molecule has 1 atom stereocenters. The monoisotopic (exact) mass is 504 g/mol. The molecule has 0 saturated carbocycles. The zero-order valence-corrected chi connectivity index (χ0v) is 22.2. The van der Waals surface area contributed by atoms with Crippen molar-refractivity contribution in [3.63, 3.8) is 0 Å². The molecule has 0 fully saturated rings. The first kappa shape index (κ1) is 23.0. The zero-order chi connectivity index (χ0) is 25.5. The molecule has 0 nitrogen and oxygen atoms in total. The van der Waals surface area contributed by atoms with E-state index in [4.69, 9.17) is 0 Å². The fourth-order valence-electron chi connectivity index (χ4n) is 5.41. The van der Waals surface area contributed by atoms with Crippen LogP contribution in [0.15, 0.2) is 144 Å². The van der Waals surface area contributed by atoms with Gasteiger partial charge in [-0.2, -0.15) is 0 Å². The molecular formula is C37H28S. The van der Waals surface area contributed by atoms with E-state index in [-0.39, 0.29) is 10.5 Å². The highest BCUT2D eigenvalue weighted by Gasteiger charge is 2.31. The predicted octanol–water partition coefficient (Wildman–Crippen LogP) is 9.88. The van der Waals surface area contributed by atoms with Crippen LogP contribution in [0.3, 0.4) is 0 Å². The highest BCUT2D eigenvalue weighted by atomic mass is 32.2. The summed E-state index contributed by atoms with van der Waals surface area (Å²) in [6, 6.07) is 46.6. The molecule has 1 unspecified atom stereocenters. The van der Waals surface area contributed by atoms with Gasteiger partial charge in [0.2, 0.25) is 0 Å². The van der Waals surface area contributed by atoms with Gasteiger partial charge in [-0.3, -0.25) is 0 Å². The van der Waals surface area contributed by atoms with Crippen molar-refractivity contribution < 1.29 is 0 Å². The number of hydrogen-bond donors (Lipinski definition) is 0. The Morgan fingerprint density at radius 1 is 0.500 bits per heavy atom. The number of hydrogen-bond acceptors (Lipinski definition) is 0. The highest BCUT2D eigenvalue weighted by Crippen LogP contribution is 2.59. The Balaban J connectivity index is 1.33. The summed E-state index contributed by atoms with van der Waals surface area (Å²) in [5.41, 5.74) is 11.7. The van der Waals surface area contributed by atoms with Gasteiger partial charge in [-0.25, -0.2) is 0 Å². The third-order valence-corrected chi connectivity index (χ3v) is 9.92. The van der Waals surface area contributed by atoms with Crippen LogP contribution in [0, 0.1) is 0 Å². The summed E-state index contributed by atoms with van der Waals surface area (Å²) < 4.78 is 0. The van der Waals surface area contributed by atoms with E-state index in [1.807, 2.05) is 0 Å². The Hall–Kier alpha value is -4.20. The van der Waals surface area contributed by atoms with Gasteiger partial charge in [-0.05, 0) is 75.2 Å². The lowest BCUT2D eigenvalue weighted by atomic mass is 9.97. The molecule has 0 aromatic heterocycles. The maximum Gasteiger partial charge on any atom is 0.0158 e. The first-order chi connectivity index (χ1) is 18.8. The van der Waals surface area contributed by atoms with Gasteiger partial charge in [0.05, 0.1) is 0 Å². The smallest absolute Gasteiger partial charge is 0.0158 e. The largest absolute Gasteiger partial charge is 0.114 e. The standard InChI is InChI=1S/C37H28S/c1-2-26-13-15-29(16-14-26)30-17-19-31(20-18-30)36-24-33(28-11-7-4-8-12-28)25-37-34-23-32(21-22-35(34)38(36)37)27-9-5-3-6-10-27/h3-25H,2H2,1H3.